The number of hydrogen-bond donors (Lipinski definition) is 1. The van der Waals surface area contributed by atoms with Crippen LogP contribution >= 0.6 is 0 Å². The van der Waals surface area contributed by atoms with E-state index >= 15 is 0 Å². The van der Waals surface area contributed by atoms with Gasteiger partial charge in [-0.15, -0.1) is 0 Å². The molecule has 0 atom stereocenters. The minimum atomic E-state index is -0.638. The number of aromatic amines is 1. The Labute approximate surface area is 92.1 Å². The van der Waals surface area contributed by atoms with Gasteiger partial charge in [0.2, 0.25) is 5.43 Å². The molecule has 2 aromatic heterocycles. The number of pyridine rings is 1. The zero-order valence-corrected chi connectivity index (χ0v) is 9.76. The minimum Gasteiger partial charge on any atom is -0.343 e. The summed E-state index contributed by atoms with van der Waals surface area (Å²) in [6, 6.07) is 1.42. The third-order valence-corrected chi connectivity index (χ3v) is 2.40. The average molecular weight is 223 g/mol. The Hall–Kier alpha value is -1.65. The third-order valence-electron chi connectivity index (χ3n) is 2.40. The van der Waals surface area contributed by atoms with Gasteiger partial charge in [0.15, 0.2) is 5.52 Å². The molecule has 2 aromatic rings. The van der Waals surface area contributed by atoms with Crippen molar-refractivity contribution in [2.24, 2.45) is 0 Å². The van der Waals surface area contributed by atoms with E-state index in [0.717, 1.165) is 0 Å². The summed E-state index contributed by atoms with van der Waals surface area (Å²) in [5.41, 5.74) is 0.569. The molecule has 0 aromatic carbocycles. The number of halogens is 1. The summed E-state index contributed by atoms with van der Waals surface area (Å²) in [5, 5.41) is 0. The van der Waals surface area contributed by atoms with E-state index < -0.39 is 11.6 Å². The van der Waals surface area contributed by atoms with Crippen molar-refractivity contribution in [3.63, 3.8) is 0 Å². The van der Waals surface area contributed by atoms with E-state index in [-0.39, 0.29) is 10.9 Å². The summed E-state index contributed by atoms with van der Waals surface area (Å²) in [6.45, 7) is 7.34. The Kier molecular flexibility index (Phi) is 2.15. The number of rotatable bonds is 0. The van der Waals surface area contributed by atoms with Crippen LogP contribution in [0.5, 0.6) is 0 Å². The summed E-state index contributed by atoms with van der Waals surface area (Å²) >= 11 is 0. The van der Waals surface area contributed by atoms with Crippen LogP contribution < -0.4 is 5.43 Å². The van der Waals surface area contributed by atoms with Crippen molar-refractivity contribution in [1.82, 2.24) is 14.5 Å². The molecule has 0 amide bonds. The van der Waals surface area contributed by atoms with E-state index in [1.54, 1.807) is 6.92 Å². The van der Waals surface area contributed by atoms with Crippen LogP contribution in [0.1, 0.15) is 26.5 Å². The number of nitrogens with one attached hydrogen (secondary N) is 1. The first-order valence-corrected chi connectivity index (χ1v) is 5.09. The number of aromatic nitrogens is 3. The number of hydrogen-bond acceptors (Lipinski definition) is 2. The zero-order chi connectivity index (χ0) is 12.1. The van der Waals surface area contributed by atoms with Crippen molar-refractivity contribution >= 4 is 11.2 Å². The maximum Gasteiger partial charge on any atom is 0.292 e. The van der Waals surface area contributed by atoms with Crippen molar-refractivity contribution in [2.75, 3.05) is 0 Å². The smallest absolute Gasteiger partial charge is 0.292 e. The first kappa shape index (κ1) is 10.9. The highest BCUT2D eigenvalue weighted by Gasteiger charge is 2.23. The van der Waals surface area contributed by atoms with Crippen molar-refractivity contribution in [3.05, 3.63) is 28.1 Å². The number of aryl methyl sites for hydroxylation is 1. The van der Waals surface area contributed by atoms with Crippen LogP contribution in [0, 0.1) is 13.0 Å². The van der Waals surface area contributed by atoms with E-state index in [1.165, 1.54) is 10.6 Å². The van der Waals surface area contributed by atoms with Crippen molar-refractivity contribution in [2.45, 2.75) is 33.2 Å². The molecule has 0 aliphatic heterocycles. The molecule has 0 fully saturated rings. The first-order valence-electron chi connectivity index (χ1n) is 5.09. The fraction of sp³-hybridized carbons (Fsp3) is 0.455. The van der Waals surface area contributed by atoms with Crippen LogP contribution in [0.3, 0.4) is 0 Å². The zero-order valence-electron chi connectivity index (χ0n) is 9.76. The quantitative estimate of drug-likeness (QED) is 0.741. The van der Waals surface area contributed by atoms with Crippen molar-refractivity contribution in [1.29, 1.82) is 0 Å². The Bertz CT molecular complexity index is 604. The average Bonchev–Trinajstić information content (AvgIpc) is 2.40. The number of fused-ring (bicyclic) bond motifs is 1. The van der Waals surface area contributed by atoms with E-state index in [1.807, 2.05) is 20.8 Å². The highest BCUT2D eigenvalue weighted by molar-refractivity contribution is 5.71. The lowest BCUT2D eigenvalue weighted by molar-refractivity contribution is 0.335. The Morgan fingerprint density at radius 3 is 2.62 bits per heavy atom. The summed E-state index contributed by atoms with van der Waals surface area (Å²) in [4.78, 5) is 18.3. The molecule has 0 spiro atoms. The van der Waals surface area contributed by atoms with Crippen molar-refractivity contribution < 1.29 is 4.39 Å². The lowest BCUT2D eigenvalue weighted by atomic mass is 10.1. The maximum atomic E-state index is 13.7. The van der Waals surface area contributed by atoms with Gasteiger partial charge in [0, 0.05) is 17.3 Å². The van der Waals surface area contributed by atoms with Gasteiger partial charge in [-0.3, -0.25) is 9.36 Å². The largest absolute Gasteiger partial charge is 0.343 e. The summed E-state index contributed by atoms with van der Waals surface area (Å²) < 4.78 is 15.1. The standard InChI is InChI=1S/C11H14FN3O/c1-6-5-7(16)8-9(13-6)15(10(12)14-8)11(2,3)4/h5H,1-4H3,(H,13,16). The second kappa shape index (κ2) is 3.17. The molecule has 0 radical (unpaired) electrons. The molecule has 0 saturated heterocycles. The van der Waals surface area contributed by atoms with Gasteiger partial charge >= 0.3 is 0 Å². The summed E-state index contributed by atoms with van der Waals surface area (Å²) in [7, 11) is 0. The monoisotopic (exact) mass is 223 g/mol. The van der Waals surface area contributed by atoms with Gasteiger partial charge < -0.3 is 4.98 Å². The normalized spacial score (nSPS) is 12.3. The van der Waals surface area contributed by atoms with Crippen LogP contribution in [-0.2, 0) is 5.54 Å². The minimum absolute atomic E-state index is 0.151. The van der Waals surface area contributed by atoms with Crippen LogP contribution in [0.2, 0.25) is 0 Å². The molecule has 2 heterocycles. The molecular formula is C11H14FN3O. The predicted octanol–water partition coefficient (Wildman–Crippen LogP) is 1.93. The van der Waals surface area contributed by atoms with Gasteiger partial charge in [-0.05, 0) is 27.7 Å². The van der Waals surface area contributed by atoms with E-state index in [0.29, 0.717) is 11.3 Å². The van der Waals surface area contributed by atoms with Gasteiger partial charge in [-0.25, -0.2) is 0 Å². The van der Waals surface area contributed by atoms with Crippen LogP contribution in [0.15, 0.2) is 10.9 Å². The fourth-order valence-corrected chi connectivity index (χ4v) is 1.78. The molecule has 0 aliphatic rings. The highest BCUT2D eigenvalue weighted by Crippen LogP contribution is 2.21. The lowest BCUT2D eigenvalue weighted by Gasteiger charge is -2.21. The van der Waals surface area contributed by atoms with E-state index in [2.05, 4.69) is 9.97 Å². The molecule has 1 N–H and O–H groups in total. The molecule has 0 unspecified atom stereocenters. The molecule has 2 rings (SSSR count). The molecular weight excluding hydrogens is 209 g/mol. The van der Waals surface area contributed by atoms with Crippen LogP contribution in [-0.4, -0.2) is 14.5 Å². The Balaban J connectivity index is 2.95. The predicted molar refractivity (Wildman–Crippen MR) is 60.0 cm³/mol. The lowest BCUT2D eigenvalue weighted by Crippen LogP contribution is -2.24. The maximum absolute atomic E-state index is 13.7. The summed E-state index contributed by atoms with van der Waals surface area (Å²) in [5.74, 6) is 0. The molecule has 16 heavy (non-hydrogen) atoms. The Morgan fingerprint density at radius 1 is 1.44 bits per heavy atom. The van der Waals surface area contributed by atoms with E-state index in [4.69, 9.17) is 0 Å². The van der Waals surface area contributed by atoms with Gasteiger partial charge in [-0.1, -0.05) is 0 Å². The fourth-order valence-electron chi connectivity index (χ4n) is 1.78. The topological polar surface area (TPSA) is 50.7 Å². The second-order valence-corrected chi connectivity index (χ2v) is 4.90. The van der Waals surface area contributed by atoms with Crippen LogP contribution in [0.25, 0.3) is 11.2 Å². The molecule has 5 heteroatoms. The number of imidazole rings is 1. The Morgan fingerprint density at radius 2 is 2.06 bits per heavy atom. The molecule has 0 aliphatic carbocycles. The SMILES string of the molecule is Cc1cc(=O)c2nc(F)n(C(C)(C)C)c2[nH]1. The number of nitrogens with zero attached hydrogens (tertiary/aromatic N) is 2. The van der Waals surface area contributed by atoms with Crippen molar-refractivity contribution in [3.8, 4) is 0 Å². The van der Waals surface area contributed by atoms with E-state index in [9.17, 15) is 9.18 Å². The van der Waals surface area contributed by atoms with Crippen LogP contribution in [0.4, 0.5) is 4.39 Å². The third kappa shape index (κ3) is 1.52. The second-order valence-electron chi connectivity index (χ2n) is 4.90. The molecule has 86 valence electrons. The van der Waals surface area contributed by atoms with Gasteiger partial charge in [0.1, 0.15) is 5.65 Å². The first-order chi connectivity index (χ1) is 7.30. The summed E-state index contributed by atoms with van der Waals surface area (Å²) in [6.07, 6.45) is -0.638. The number of H-pyrrole nitrogens is 1. The van der Waals surface area contributed by atoms with Gasteiger partial charge in [0.05, 0.1) is 0 Å². The highest BCUT2D eigenvalue weighted by atomic mass is 19.1. The molecule has 0 saturated carbocycles. The van der Waals surface area contributed by atoms with Gasteiger partial charge in [0.25, 0.3) is 6.08 Å². The molecule has 4 nitrogen and oxygen atoms in total. The molecule has 0 bridgehead atoms. The van der Waals surface area contributed by atoms with Gasteiger partial charge in [-0.2, -0.15) is 9.37 Å².